The lowest BCUT2D eigenvalue weighted by Crippen LogP contribution is -2.51. The van der Waals surface area contributed by atoms with Crippen LogP contribution in [0.4, 0.5) is 11.5 Å². The van der Waals surface area contributed by atoms with Gasteiger partial charge in [0.15, 0.2) is 5.96 Å². The molecule has 0 spiro atoms. The molecule has 1 aromatic heterocycles. The number of likely N-dealkylation sites (N-methyl/N-ethyl adjacent to an activating group) is 1. The number of aromatic nitrogens is 1. The number of rotatable bonds is 5. The quantitative estimate of drug-likeness (QED) is 0.568. The Bertz CT molecular complexity index is 870. The van der Waals surface area contributed by atoms with Gasteiger partial charge >= 0.3 is 0 Å². The lowest BCUT2D eigenvalue weighted by Gasteiger charge is -2.36. The summed E-state index contributed by atoms with van der Waals surface area (Å²) >= 11 is 6.00. The fourth-order valence-electron chi connectivity index (χ4n) is 4.14. The van der Waals surface area contributed by atoms with Gasteiger partial charge < -0.3 is 25.3 Å². The number of halogens is 1. The van der Waals surface area contributed by atoms with Crippen molar-refractivity contribution < 1.29 is 0 Å². The Kier molecular flexibility index (Phi) is 7.14. The molecular weight excluding hydrogens is 410 g/mol. The zero-order valence-corrected chi connectivity index (χ0v) is 19.0. The van der Waals surface area contributed by atoms with Crippen LogP contribution in [0.3, 0.4) is 0 Å². The summed E-state index contributed by atoms with van der Waals surface area (Å²) in [6.07, 6.45) is 1.88. The van der Waals surface area contributed by atoms with E-state index in [1.807, 2.05) is 24.4 Å². The Morgan fingerprint density at radius 1 is 0.968 bits per heavy atom. The molecule has 166 valence electrons. The molecule has 2 aliphatic heterocycles. The highest BCUT2D eigenvalue weighted by Gasteiger charge is 2.19. The highest BCUT2D eigenvalue weighted by atomic mass is 35.5. The van der Waals surface area contributed by atoms with Crippen molar-refractivity contribution in [3.63, 3.8) is 0 Å². The summed E-state index contributed by atoms with van der Waals surface area (Å²) in [6.45, 7) is 11.7. The van der Waals surface area contributed by atoms with Crippen molar-refractivity contribution in [1.82, 2.24) is 14.8 Å². The van der Waals surface area contributed by atoms with Gasteiger partial charge in [-0.1, -0.05) is 18.5 Å². The Morgan fingerprint density at radius 2 is 1.65 bits per heavy atom. The number of hydrogen-bond acceptors (Lipinski definition) is 5. The maximum atomic E-state index is 6.32. The first-order valence-corrected chi connectivity index (χ1v) is 11.5. The number of benzene rings is 1. The Hall–Kier alpha value is -2.51. The predicted molar refractivity (Wildman–Crippen MR) is 129 cm³/mol. The van der Waals surface area contributed by atoms with Gasteiger partial charge in [-0.2, -0.15) is 0 Å². The van der Waals surface area contributed by atoms with Crippen LogP contribution in [-0.4, -0.2) is 79.6 Å². The van der Waals surface area contributed by atoms with Crippen LogP contribution in [0, 0.1) is 0 Å². The van der Waals surface area contributed by atoms with Gasteiger partial charge in [-0.15, -0.1) is 0 Å². The summed E-state index contributed by atoms with van der Waals surface area (Å²) in [4.78, 5) is 18.6. The minimum absolute atomic E-state index is 0.577. The van der Waals surface area contributed by atoms with Gasteiger partial charge in [0, 0.05) is 69.3 Å². The monoisotopic (exact) mass is 441 g/mol. The molecule has 3 heterocycles. The second-order valence-corrected chi connectivity index (χ2v) is 8.50. The van der Waals surface area contributed by atoms with E-state index in [9.17, 15) is 0 Å². The molecule has 0 bridgehead atoms. The van der Waals surface area contributed by atoms with Crippen LogP contribution in [0.2, 0.25) is 5.02 Å². The molecular formula is C23H32ClN7. The summed E-state index contributed by atoms with van der Waals surface area (Å²) in [6, 6.07) is 12.2. The average molecular weight is 442 g/mol. The molecule has 2 fully saturated rings. The largest absolute Gasteiger partial charge is 0.370 e. The fraction of sp³-hybridized carbons (Fsp3) is 0.478. The molecule has 2 aromatic rings. The molecule has 2 N–H and O–H groups in total. The standard InChI is InChI=1S/C23H32ClN7/c1-2-28-9-11-30(12-10-28)22-17-19(7-8-26-22)18-27-23(25)31-15-13-29(14-16-31)21-5-3-20(24)4-6-21/h3-8,17H,2,9-16,18H2,1H3,(H2,25,27). The van der Waals surface area contributed by atoms with E-state index in [2.05, 4.69) is 54.7 Å². The Morgan fingerprint density at radius 3 is 2.32 bits per heavy atom. The zero-order chi connectivity index (χ0) is 21.6. The fourth-order valence-corrected chi connectivity index (χ4v) is 4.27. The molecule has 0 amide bonds. The summed E-state index contributed by atoms with van der Waals surface area (Å²) < 4.78 is 0. The minimum Gasteiger partial charge on any atom is -0.370 e. The predicted octanol–water partition coefficient (Wildman–Crippen LogP) is 2.51. The lowest BCUT2D eigenvalue weighted by atomic mass is 10.2. The number of pyridine rings is 1. The van der Waals surface area contributed by atoms with Crippen LogP contribution in [0.5, 0.6) is 0 Å². The number of hydrogen-bond donors (Lipinski definition) is 1. The topological polar surface area (TPSA) is 64.2 Å². The van der Waals surface area contributed by atoms with E-state index in [4.69, 9.17) is 17.3 Å². The van der Waals surface area contributed by atoms with E-state index in [0.29, 0.717) is 12.5 Å². The average Bonchev–Trinajstić information content (AvgIpc) is 2.83. The molecule has 0 radical (unpaired) electrons. The van der Waals surface area contributed by atoms with E-state index in [1.165, 1.54) is 5.69 Å². The molecule has 4 rings (SSSR count). The van der Waals surface area contributed by atoms with Gasteiger partial charge in [0.25, 0.3) is 0 Å². The Labute approximate surface area is 190 Å². The van der Waals surface area contributed by atoms with E-state index >= 15 is 0 Å². The van der Waals surface area contributed by atoms with Crippen LogP contribution in [0.25, 0.3) is 0 Å². The highest BCUT2D eigenvalue weighted by molar-refractivity contribution is 6.30. The second kappa shape index (κ2) is 10.2. The van der Waals surface area contributed by atoms with E-state index < -0.39 is 0 Å². The van der Waals surface area contributed by atoms with Crippen LogP contribution in [0.15, 0.2) is 47.6 Å². The maximum Gasteiger partial charge on any atom is 0.191 e. The van der Waals surface area contributed by atoms with Gasteiger partial charge in [-0.3, -0.25) is 0 Å². The highest BCUT2D eigenvalue weighted by Crippen LogP contribution is 2.20. The molecule has 31 heavy (non-hydrogen) atoms. The smallest absolute Gasteiger partial charge is 0.191 e. The number of guanidine groups is 1. The summed E-state index contributed by atoms with van der Waals surface area (Å²) in [7, 11) is 0. The SMILES string of the molecule is CCN1CCN(c2cc(CN=C(N)N3CCN(c4ccc(Cl)cc4)CC3)ccn2)CC1. The van der Waals surface area contributed by atoms with Gasteiger partial charge in [0.1, 0.15) is 5.82 Å². The molecule has 8 heteroatoms. The molecule has 1 aromatic carbocycles. The summed E-state index contributed by atoms with van der Waals surface area (Å²) in [5, 5.41) is 0.765. The summed E-state index contributed by atoms with van der Waals surface area (Å²) in [5.41, 5.74) is 8.66. The van der Waals surface area contributed by atoms with Crippen LogP contribution < -0.4 is 15.5 Å². The van der Waals surface area contributed by atoms with Crippen molar-refractivity contribution in [3.8, 4) is 0 Å². The number of nitrogens with two attached hydrogens (primary N) is 1. The first kappa shape index (κ1) is 21.7. The van der Waals surface area contributed by atoms with Crippen molar-refractivity contribution in [3.05, 3.63) is 53.2 Å². The van der Waals surface area contributed by atoms with Crippen LogP contribution >= 0.6 is 11.6 Å². The van der Waals surface area contributed by atoms with E-state index in [1.54, 1.807) is 0 Å². The molecule has 0 aliphatic carbocycles. The minimum atomic E-state index is 0.577. The number of piperazine rings is 2. The van der Waals surface area contributed by atoms with Gasteiger partial charge in [0.05, 0.1) is 6.54 Å². The molecule has 7 nitrogen and oxygen atoms in total. The first-order chi connectivity index (χ1) is 15.1. The van der Waals surface area contributed by atoms with Crippen molar-refractivity contribution in [2.24, 2.45) is 10.7 Å². The Balaban J connectivity index is 1.30. The molecule has 0 unspecified atom stereocenters. The zero-order valence-electron chi connectivity index (χ0n) is 18.3. The molecule has 0 atom stereocenters. The second-order valence-electron chi connectivity index (χ2n) is 8.07. The lowest BCUT2D eigenvalue weighted by molar-refractivity contribution is 0.270. The third-order valence-electron chi connectivity index (χ3n) is 6.17. The van der Waals surface area contributed by atoms with Crippen LogP contribution in [0.1, 0.15) is 12.5 Å². The van der Waals surface area contributed by atoms with E-state index in [0.717, 1.165) is 75.3 Å². The van der Waals surface area contributed by atoms with E-state index in [-0.39, 0.29) is 0 Å². The molecule has 0 saturated carbocycles. The third kappa shape index (κ3) is 5.60. The van der Waals surface area contributed by atoms with Crippen molar-refractivity contribution in [2.45, 2.75) is 13.5 Å². The maximum absolute atomic E-state index is 6.32. The molecule has 2 aliphatic rings. The van der Waals surface area contributed by atoms with Crippen molar-refractivity contribution in [1.29, 1.82) is 0 Å². The van der Waals surface area contributed by atoms with Crippen molar-refractivity contribution >= 4 is 29.1 Å². The van der Waals surface area contributed by atoms with Crippen LogP contribution in [-0.2, 0) is 6.54 Å². The summed E-state index contributed by atoms with van der Waals surface area (Å²) in [5.74, 6) is 1.66. The third-order valence-corrected chi connectivity index (χ3v) is 6.42. The number of anilines is 2. The molecule has 2 saturated heterocycles. The number of aliphatic imine (C=N–C) groups is 1. The number of nitrogens with zero attached hydrogens (tertiary/aromatic N) is 6. The van der Waals surface area contributed by atoms with Crippen molar-refractivity contribution in [2.75, 3.05) is 68.7 Å². The van der Waals surface area contributed by atoms with Gasteiger partial charge in [0.2, 0.25) is 0 Å². The first-order valence-electron chi connectivity index (χ1n) is 11.1. The van der Waals surface area contributed by atoms with Gasteiger partial charge in [-0.25, -0.2) is 9.98 Å². The normalized spacial score (nSPS) is 18.5. The van der Waals surface area contributed by atoms with Gasteiger partial charge in [-0.05, 0) is 48.5 Å².